The normalized spacial score (nSPS) is 18.4. The second kappa shape index (κ2) is 7.38. The van der Waals surface area contributed by atoms with Gasteiger partial charge in [-0.15, -0.1) is 0 Å². The number of fused-ring (bicyclic) bond motifs is 2. The number of hydrogen-bond acceptors (Lipinski definition) is 5. The Labute approximate surface area is 163 Å². The third-order valence-corrected chi connectivity index (χ3v) is 5.99. The van der Waals surface area contributed by atoms with Crippen molar-refractivity contribution in [2.24, 2.45) is 0 Å². The Kier molecular flexibility index (Phi) is 4.92. The van der Waals surface area contributed by atoms with Gasteiger partial charge in [-0.05, 0) is 25.8 Å². The zero-order valence-corrected chi connectivity index (χ0v) is 16.3. The molecule has 150 valence electrons. The summed E-state index contributed by atoms with van der Waals surface area (Å²) >= 11 is 0. The highest BCUT2D eigenvalue weighted by atomic mass is 16.5. The minimum Gasteiger partial charge on any atom is -0.375 e. The number of ether oxygens (including phenoxy) is 1. The number of H-pyrrole nitrogens is 1. The van der Waals surface area contributed by atoms with Gasteiger partial charge in [-0.2, -0.15) is 5.10 Å². The summed E-state index contributed by atoms with van der Waals surface area (Å²) in [7, 11) is 1.53. The first-order valence-corrected chi connectivity index (χ1v) is 9.63. The molecule has 1 fully saturated rings. The number of carbonyl (C=O) groups is 2. The number of aromatic amines is 1. The van der Waals surface area contributed by atoms with Crippen LogP contribution in [0.5, 0.6) is 0 Å². The highest BCUT2D eigenvalue weighted by Gasteiger charge is 2.49. The van der Waals surface area contributed by atoms with E-state index in [1.807, 2.05) is 22.8 Å². The zero-order valence-electron chi connectivity index (χ0n) is 16.3. The van der Waals surface area contributed by atoms with E-state index in [1.165, 1.54) is 7.11 Å². The van der Waals surface area contributed by atoms with Crippen molar-refractivity contribution in [3.8, 4) is 0 Å². The fourth-order valence-corrected chi connectivity index (χ4v) is 4.47. The Morgan fingerprint density at radius 3 is 2.71 bits per heavy atom. The summed E-state index contributed by atoms with van der Waals surface area (Å²) in [6.45, 7) is 4.04. The molecule has 9 heteroatoms. The lowest BCUT2D eigenvalue weighted by Gasteiger charge is -2.50. The van der Waals surface area contributed by atoms with Crippen LogP contribution in [0.1, 0.15) is 29.9 Å². The lowest BCUT2D eigenvalue weighted by Crippen LogP contribution is -2.59. The molecule has 2 aliphatic rings. The Morgan fingerprint density at radius 2 is 2.04 bits per heavy atom. The average Bonchev–Trinajstić information content (AvgIpc) is 3.33. The predicted molar refractivity (Wildman–Crippen MR) is 100 cm³/mol. The van der Waals surface area contributed by atoms with Gasteiger partial charge in [0.2, 0.25) is 11.8 Å². The van der Waals surface area contributed by atoms with Gasteiger partial charge in [-0.1, -0.05) is 0 Å². The molecule has 1 spiro atoms. The second-order valence-electron chi connectivity index (χ2n) is 7.50. The van der Waals surface area contributed by atoms with E-state index in [0.717, 1.165) is 23.5 Å². The van der Waals surface area contributed by atoms with Gasteiger partial charge < -0.3 is 19.5 Å². The summed E-state index contributed by atoms with van der Waals surface area (Å²) in [5.41, 5.74) is 2.53. The first-order chi connectivity index (χ1) is 13.5. The number of piperidine rings is 1. The van der Waals surface area contributed by atoms with Gasteiger partial charge in [-0.25, -0.2) is 4.98 Å². The minimum atomic E-state index is -0.471. The molecule has 2 amide bonds. The molecule has 4 heterocycles. The van der Waals surface area contributed by atoms with Crippen molar-refractivity contribution in [3.05, 3.63) is 35.7 Å². The van der Waals surface area contributed by atoms with Crippen molar-refractivity contribution < 1.29 is 14.3 Å². The van der Waals surface area contributed by atoms with Crippen LogP contribution in [0, 0.1) is 6.92 Å². The number of imidazole rings is 1. The number of methoxy groups -OCH3 is 1. The number of amides is 2. The van der Waals surface area contributed by atoms with Crippen molar-refractivity contribution >= 4 is 11.8 Å². The summed E-state index contributed by atoms with van der Waals surface area (Å²) < 4.78 is 6.81. The number of nitrogens with zero attached hydrogens (tertiary/aromatic N) is 5. The number of nitrogens with one attached hydrogen (secondary N) is 1. The number of rotatable bonds is 4. The van der Waals surface area contributed by atoms with E-state index in [2.05, 4.69) is 15.1 Å². The van der Waals surface area contributed by atoms with Crippen LogP contribution in [0.3, 0.4) is 0 Å². The standard InChI is InChI=1S/C19H26N6O3/c1-14-3-7-22-25(14)11-16(26)23-9-5-19(6-10-23)18-15(20-13-21-18)4-8-24(19)17(27)12-28-2/h3,7,13H,4-6,8-12H2,1-2H3,(H,20,21). The average molecular weight is 386 g/mol. The molecule has 0 bridgehead atoms. The van der Waals surface area contributed by atoms with Crippen molar-refractivity contribution in [1.29, 1.82) is 0 Å². The number of likely N-dealkylation sites (tertiary alicyclic amines) is 1. The van der Waals surface area contributed by atoms with E-state index in [-0.39, 0.29) is 25.0 Å². The van der Waals surface area contributed by atoms with Gasteiger partial charge in [0.1, 0.15) is 13.2 Å². The molecule has 9 nitrogen and oxygen atoms in total. The molecule has 4 rings (SSSR count). The molecule has 0 aliphatic carbocycles. The molecule has 2 aromatic rings. The lowest BCUT2D eigenvalue weighted by molar-refractivity contribution is -0.148. The van der Waals surface area contributed by atoms with E-state index in [0.29, 0.717) is 32.5 Å². The molecule has 1 N–H and O–H groups in total. The zero-order chi connectivity index (χ0) is 19.7. The highest BCUT2D eigenvalue weighted by Crippen LogP contribution is 2.42. The van der Waals surface area contributed by atoms with Crippen LogP contribution in [-0.4, -0.2) is 74.7 Å². The molecule has 0 atom stereocenters. The molecule has 0 unspecified atom stereocenters. The summed E-state index contributed by atoms with van der Waals surface area (Å²) in [4.78, 5) is 37.0. The van der Waals surface area contributed by atoms with Crippen LogP contribution in [0.15, 0.2) is 18.6 Å². The monoisotopic (exact) mass is 386 g/mol. The van der Waals surface area contributed by atoms with Gasteiger partial charge >= 0.3 is 0 Å². The molecule has 0 aromatic carbocycles. The van der Waals surface area contributed by atoms with Crippen molar-refractivity contribution in [2.75, 3.05) is 33.4 Å². The highest BCUT2D eigenvalue weighted by molar-refractivity contribution is 5.79. The Morgan fingerprint density at radius 1 is 1.25 bits per heavy atom. The quantitative estimate of drug-likeness (QED) is 0.824. The maximum absolute atomic E-state index is 12.7. The van der Waals surface area contributed by atoms with Crippen molar-refractivity contribution in [3.63, 3.8) is 0 Å². The number of aryl methyl sites for hydroxylation is 1. The molecule has 1 saturated heterocycles. The van der Waals surface area contributed by atoms with Crippen molar-refractivity contribution in [2.45, 2.75) is 38.3 Å². The fourth-order valence-electron chi connectivity index (χ4n) is 4.47. The van der Waals surface area contributed by atoms with E-state index < -0.39 is 5.54 Å². The van der Waals surface area contributed by atoms with Crippen LogP contribution in [0.25, 0.3) is 0 Å². The SMILES string of the molecule is COCC(=O)N1CCc2[nH]cnc2C12CCN(C(=O)Cn1nccc1C)CC2. The summed E-state index contributed by atoms with van der Waals surface area (Å²) in [6, 6.07) is 1.89. The Bertz CT molecular complexity index is 865. The van der Waals surface area contributed by atoms with Crippen LogP contribution in [0.2, 0.25) is 0 Å². The molecule has 28 heavy (non-hydrogen) atoms. The molecular weight excluding hydrogens is 360 g/mol. The second-order valence-corrected chi connectivity index (χ2v) is 7.50. The van der Waals surface area contributed by atoms with Crippen molar-refractivity contribution in [1.82, 2.24) is 29.5 Å². The summed E-state index contributed by atoms with van der Waals surface area (Å²) in [5, 5.41) is 4.20. The van der Waals surface area contributed by atoms with E-state index in [1.54, 1.807) is 17.2 Å². The van der Waals surface area contributed by atoms with Gasteiger partial charge in [0.15, 0.2) is 0 Å². The molecular formula is C19H26N6O3. The molecule has 0 saturated carbocycles. The first kappa shape index (κ1) is 18.7. The maximum Gasteiger partial charge on any atom is 0.249 e. The van der Waals surface area contributed by atoms with Crippen LogP contribution < -0.4 is 0 Å². The Hall–Kier alpha value is -2.68. The van der Waals surface area contributed by atoms with Gasteiger partial charge in [-0.3, -0.25) is 14.3 Å². The van der Waals surface area contributed by atoms with Crippen LogP contribution in [0.4, 0.5) is 0 Å². The van der Waals surface area contributed by atoms with Gasteiger partial charge in [0.05, 0.1) is 17.6 Å². The van der Waals surface area contributed by atoms with Gasteiger partial charge in [0, 0.05) is 50.7 Å². The summed E-state index contributed by atoms with van der Waals surface area (Å²) in [5.74, 6) is 0.0255. The van der Waals surface area contributed by atoms with E-state index in [4.69, 9.17) is 4.74 Å². The fraction of sp³-hybridized carbons (Fsp3) is 0.579. The summed E-state index contributed by atoms with van der Waals surface area (Å²) in [6.07, 6.45) is 5.50. The predicted octanol–water partition coefficient (Wildman–Crippen LogP) is 0.464. The minimum absolute atomic E-state index is 0.0249. The Balaban J connectivity index is 1.52. The van der Waals surface area contributed by atoms with E-state index in [9.17, 15) is 9.59 Å². The molecule has 2 aromatic heterocycles. The first-order valence-electron chi connectivity index (χ1n) is 9.63. The maximum atomic E-state index is 12.7. The number of aromatic nitrogens is 4. The van der Waals surface area contributed by atoms with Crippen LogP contribution in [-0.2, 0) is 32.8 Å². The number of hydrogen-bond donors (Lipinski definition) is 1. The van der Waals surface area contributed by atoms with Gasteiger partial charge in [0.25, 0.3) is 0 Å². The van der Waals surface area contributed by atoms with Crippen LogP contribution >= 0.6 is 0 Å². The topological polar surface area (TPSA) is 96.4 Å². The third-order valence-electron chi connectivity index (χ3n) is 5.99. The molecule has 2 aliphatic heterocycles. The molecule has 0 radical (unpaired) electrons. The van der Waals surface area contributed by atoms with E-state index >= 15 is 0 Å². The lowest BCUT2D eigenvalue weighted by atomic mass is 9.78. The number of carbonyl (C=O) groups excluding carboxylic acids is 2. The smallest absolute Gasteiger partial charge is 0.249 e. The third kappa shape index (κ3) is 3.09. The largest absolute Gasteiger partial charge is 0.375 e.